The average Bonchev–Trinajstić information content (AvgIpc) is 2.78. The van der Waals surface area contributed by atoms with Gasteiger partial charge in [0.1, 0.15) is 0 Å². The van der Waals surface area contributed by atoms with E-state index in [1.54, 1.807) is 48.5 Å². The molecule has 35 heavy (non-hydrogen) atoms. The number of halogens is 2. The summed E-state index contributed by atoms with van der Waals surface area (Å²) in [5.41, 5.74) is 24.8. The van der Waals surface area contributed by atoms with Gasteiger partial charge in [-0.15, -0.1) is 0 Å². The quantitative estimate of drug-likeness (QED) is 0.119. The molecule has 0 aliphatic carbocycles. The van der Waals surface area contributed by atoms with Gasteiger partial charge in [-0.25, -0.2) is 0 Å². The van der Waals surface area contributed by atoms with Crippen molar-refractivity contribution in [2.24, 2.45) is 42.9 Å². The Labute approximate surface area is 239 Å². The molecule has 0 spiro atoms. The van der Waals surface area contributed by atoms with E-state index in [-0.39, 0.29) is 54.8 Å². The van der Waals surface area contributed by atoms with Crippen molar-refractivity contribution in [2.75, 3.05) is 23.7 Å². The smallest absolute Gasteiger partial charge is 1.00 e. The number of anilines is 2. The zero-order valence-corrected chi connectivity index (χ0v) is 23.2. The standard InChI is InChI=1S/C22H30Cl2N10.Na.H/c23-15-5-9-17(10-6-15)31-21(27)33-19(25)29-13-3-1-2-4-14-30-20(26)34-22(28)32-18-11-7-16(24)8-12-18;;/h5-12H,1-4,13-14H2,(H5,25,27,29,31,33)(H5,26,28,30,32,34);;/q;+1;-1. The van der Waals surface area contributed by atoms with E-state index in [4.69, 9.17) is 46.1 Å². The third kappa shape index (κ3) is 13.8. The second kappa shape index (κ2) is 17.0. The van der Waals surface area contributed by atoms with Crippen molar-refractivity contribution in [2.45, 2.75) is 25.7 Å². The van der Waals surface area contributed by atoms with E-state index in [0.29, 0.717) is 23.1 Å². The predicted molar refractivity (Wildman–Crippen MR) is 146 cm³/mol. The van der Waals surface area contributed by atoms with Crippen molar-refractivity contribution in [3.05, 3.63) is 58.6 Å². The fourth-order valence-electron chi connectivity index (χ4n) is 2.70. The SMILES string of the molecule is NC(=NCCCCCCN=C(N)N=C(N)Nc1ccc(Cl)cc1)N=C(N)Nc1ccc(Cl)cc1.[H-].[Na+]. The molecule has 184 valence electrons. The maximum atomic E-state index is 5.85. The van der Waals surface area contributed by atoms with Crippen LogP contribution in [0.25, 0.3) is 0 Å². The number of nitrogens with zero attached hydrogens (tertiary/aromatic N) is 4. The fourth-order valence-corrected chi connectivity index (χ4v) is 2.95. The third-order valence-electron chi connectivity index (χ3n) is 4.32. The van der Waals surface area contributed by atoms with Crippen LogP contribution in [0.2, 0.25) is 10.0 Å². The summed E-state index contributed by atoms with van der Waals surface area (Å²) in [5, 5.41) is 7.11. The van der Waals surface area contributed by atoms with Gasteiger partial charge in [0.2, 0.25) is 23.8 Å². The number of nitrogens with one attached hydrogen (secondary N) is 2. The molecule has 2 aromatic rings. The van der Waals surface area contributed by atoms with Crippen LogP contribution in [0.15, 0.2) is 68.5 Å². The van der Waals surface area contributed by atoms with Gasteiger partial charge >= 0.3 is 29.6 Å². The number of rotatable bonds is 9. The Bertz CT molecular complexity index is 945. The molecule has 0 fully saturated rings. The Hall–Kier alpha value is -2.50. The number of benzene rings is 2. The Kier molecular flexibility index (Phi) is 14.8. The van der Waals surface area contributed by atoms with Crippen molar-refractivity contribution in [1.82, 2.24) is 0 Å². The molecule has 10 N–H and O–H groups in total. The van der Waals surface area contributed by atoms with Crippen molar-refractivity contribution >= 4 is 58.4 Å². The number of unbranched alkanes of at least 4 members (excludes halogenated alkanes) is 3. The summed E-state index contributed by atoms with van der Waals surface area (Å²) < 4.78 is 0. The first kappa shape index (κ1) is 30.5. The van der Waals surface area contributed by atoms with E-state index < -0.39 is 0 Å². The van der Waals surface area contributed by atoms with Crippen LogP contribution < -0.4 is 63.1 Å². The van der Waals surface area contributed by atoms with Crippen LogP contribution >= 0.6 is 23.2 Å². The van der Waals surface area contributed by atoms with Gasteiger partial charge in [0.15, 0.2) is 0 Å². The molecule has 0 saturated heterocycles. The van der Waals surface area contributed by atoms with E-state index >= 15 is 0 Å². The van der Waals surface area contributed by atoms with Crippen LogP contribution in [0.1, 0.15) is 27.1 Å². The first-order valence-electron chi connectivity index (χ1n) is 10.6. The summed E-state index contributed by atoms with van der Waals surface area (Å²) in [6, 6.07) is 14.1. The molecule has 0 aliphatic rings. The van der Waals surface area contributed by atoms with Crippen LogP contribution in [0.5, 0.6) is 0 Å². The average molecular weight is 529 g/mol. The molecule has 0 amide bonds. The summed E-state index contributed by atoms with van der Waals surface area (Å²) in [6.07, 6.45) is 3.68. The van der Waals surface area contributed by atoms with Crippen molar-refractivity contribution in [1.29, 1.82) is 0 Å². The second-order valence-electron chi connectivity index (χ2n) is 7.15. The number of nitrogens with two attached hydrogens (primary N) is 4. The van der Waals surface area contributed by atoms with Crippen molar-refractivity contribution in [3.63, 3.8) is 0 Å². The van der Waals surface area contributed by atoms with Crippen molar-refractivity contribution in [3.8, 4) is 0 Å². The second-order valence-corrected chi connectivity index (χ2v) is 8.02. The van der Waals surface area contributed by atoms with Crippen LogP contribution in [0.4, 0.5) is 11.4 Å². The van der Waals surface area contributed by atoms with E-state index in [9.17, 15) is 0 Å². The molecule has 2 rings (SSSR count). The van der Waals surface area contributed by atoms with E-state index in [1.165, 1.54) is 0 Å². The Morgan fingerprint density at radius 2 is 0.971 bits per heavy atom. The number of hydrogen-bond acceptors (Lipinski definition) is 2. The number of aliphatic imine (C=N–C) groups is 4. The van der Waals surface area contributed by atoms with Crippen LogP contribution in [0.3, 0.4) is 0 Å². The molecule has 0 bridgehead atoms. The Balaban J connectivity index is 0.00000612. The van der Waals surface area contributed by atoms with Gasteiger partial charge in [0.05, 0.1) is 0 Å². The molecule has 0 heterocycles. The maximum Gasteiger partial charge on any atom is 1.00 e. The van der Waals surface area contributed by atoms with E-state index in [0.717, 1.165) is 37.1 Å². The molecule has 13 heteroatoms. The minimum Gasteiger partial charge on any atom is -1.00 e. The largest absolute Gasteiger partial charge is 1.00 e. The maximum absolute atomic E-state index is 5.85. The summed E-state index contributed by atoms with van der Waals surface area (Å²) in [7, 11) is 0. The van der Waals surface area contributed by atoms with Gasteiger partial charge < -0.3 is 35.0 Å². The van der Waals surface area contributed by atoms with Crippen molar-refractivity contribution < 1.29 is 31.0 Å². The summed E-state index contributed by atoms with van der Waals surface area (Å²) >= 11 is 11.7. The molecule has 0 aliphatic heterocycles. The van der Waals surface area contributed by atoms with Crippen LogP contribution in [-0.2, 0) is 0 Å². The molecular formula is C22H31Cl2N10Na. The topological polar surface area (TPSA) is 178 Å². The monoisotopic (exact) mass is 528 g/mol. The predicted octanol–water partition coefficient (Wildman–Crippen LogP) is 0.453. The van der Waals surface area contributed by atoms with Crippen LogP contribution in [-0.4, -0.2) is 36.9 Å². The minimum absolute atomic E-state index is 0. The molecule has 0 radical (unpaired) electrons. The Morgan fingerprint density at radius 3 is 1.31 bits per heavy atom. The first-order valence-corrected chi connectivity index (χ1v) is 11.4. The zero-order chi connectivity index (χ0) is 24.8. The molecular weight excluding hydrogens is 498 g/mol. The minimum atomic E-state index is 0. The van der Waals surface area contributed by atoms with Crippen LogP contribution in [0, 0.1) is 0 Å². The Morgan fingerprint density at radius 1 is 0.629 bits per heavy atom. The number of hydrogen-bond donors (Lipinski definition) is 6. The van der Waals surface area contributed by atoms with Gasteiger partial charge in [0, 0.05) is 34.5 Å². The molecule has 0 unspecified atom stereocenters. The summed E-state index contributed by atoms with van der Waals surface area (Å²) in [5.74, 6) is 0.564. The third-order valence-corrected chi connectivity index (χ3v) is 4.82. The fraction of sp³-hybridized carbons (Fsp3) is 0.273. The van der Waals surface area contributed by atoms with E-state index in [1.807, 2.05) is 0 Å². The van der Waals surface area contributed by atoms with Gasteiger partial charge in [-0.3, -0.25) is 9.98 Å². The van der Waals surface area contributed by atoms with Gasteiger partial charge in [-0.2, -0.15) is 9.98 Å². The van der Waals surface area contributed by atoms with Gasteiger partial charge in [-0.05, 0) is 61.4 Å². The first-order chi connectivity index (χ1) is 16.3. The molecule has 10 nitrogen and oxygen atoms in total. The van der Waals surface area contributed by atoms with Gasteiger partial charge in [0.25, 0.3) is 0 Å². The molecule has 0 aromatic heterocycles. The van der Waals surface area contributed by atoms with E-state index in [2.05, 4.69) is 30.6 Å². The van der Waals surface area contributed by atoms with Gasteiger partial charge in [-0.1, -0.05) is 36.0 Å². The molecule has 0 saturated carbocycles. The molecule has 2 aromatic carbocycles. The summed E-state index contributed by atoms with van der Waals surface area (Å²) in [6.45, 7) is 1.12. The molecule has 0 atom stereocenters. The summed E-state index contributed by atoms with van der Waals surface area (Å²) in [4.78, 5) is 16.5. The normalized spacial score (nSPS) is 12.7. The zero-order valence-electron chi connectivity index (χ0n) is 20.7. The number of guanidine groups is 4.